The summed E-state index contributed by atoms with van der Waals surface area (Å²) in [5, 5.41) is 0. The maximum atomic E-state index is 6.86. The molecule has 4 heteroatoms. The van der Waals surface area contributed by atoms with Crippen LogP contribution in [0.25, 0.3) is 39.0 Å². The number of thioether (sulfide) groups is 1. The molecule has 0 amide bonds. The summed E-state index contributed by atoms with van der Waals surface area (Å²) in [4.78, 5) is 5.15. The van der Waals surface area contributed by atoms with E-state index in [1.807, 2.05) is 11.8 Å². The molecular weight excluding hydrogens is 685 g/mol. The Morgan fingerprint density at radius 3 is 2.23 bits per heavy atom. The zero-order chi connectivity index (χ0) is 35.4. The van der Waals surface area contributed by atoms with Gasteiger partial charge in [0.2, 0.25) is 0 Å². The molecule has 1 saturated carbocycles. The van der Waals surface area contributed by atoms with Crippen molar-refractivity contribution in [3.63, 3.8) is 0 Å². The van der Waals surface area contributed by atoms with E-state index >= 15 is 0 Å². The van der Waals surface area contributed by atoms with Crippen molar-refractivity contribution in [2.24, 2.45) is 11.8 Å². The molecular formula is C49H38O2S2. The lowest BCUT2D eigenvalue weighted by atomic mass is 9.77. The molecule has 0 aromatic heterocycles. The smallest absolute Gasteiger partial charge is 0.149 e. The van der Waals surface area contributed by atoms with Gasteiger partial charge >= 0.3 is 0 Å². The van der Waals surface area contributed by atoms with Crippen LogP contribution in [-0.4, -0.2) is 0 Å². The van der Waals surface area contributed by atoms with Crippen molar-refractivity contribution < 1.29 is 9.47 Å². The van der Waals surface area contributed by atoms with E-state index in [0.717, 1.165) is 35.9 Å². The summed E-state index contributed by atoms with van der Waals surface area (Å²) < 4.78 is 13.5. The fourth-order valence-corrected chi connectivity index (χ4v) is 12.5. The molecule has 5 aromatic rings. The average Bonchev–Trinajstić information content (AvgIpc) is 3.89. The third-order valence-corrected chi connectivity index (χ3v) is 15.3. The summed E-state index contributed by atoms with van der Waals surface area (Å²) in [6.45, 7) is 9.61. The zero-order valence-corrected chi connectivity index (χ0v) is 31.9. The molecule has 5 aromatic carbocycles. The molecule has 0 radical (unpaired) electrons. The number of para-hydroxylation sites is 1. The van der Waals surface area contributed by atoms with Gasteiger partial charge in [-0.1, -0.05) is 118 Å². The van der Waals surface area contributed by atoms with Crippen LogP contribution < -0.4 is 4.74 Å². The SMILES string of the molecule is CC1(C)C2=C(C3=C(SC4=C(CCC=C4)O3)C3CC23)c2ccc(-c3cccc(-c4ccc5c(c4)C(C)(C)c4ccc6c(c4-5)Oc4ccccc4S6)c3)cc21. The van der Waals surface area contributed by atoms with Crippen molar-refractivity contribution >= 4 is 29.1 Å². The second kappa shape index (κ2) is 10.5. The van der Waals surface area contributed by atoms with Crippen molar-refractivity contribution in [2.45, 2.75) is 67.6 Å². The minimum absolute atomic E-state index is 0.0323. The predicted molar refractivity (Wildman–Crippen MR) is 218 cm³/mol. The molecule has 7 aliphatic rings. The Labute approximate surface area is 319 Å². The maximum absolute atomic E-state index is 6.86. The molecule has 2 aliphatic heterocycles. The lowest BCUT2D eigenvalue weighted by Gasteiger charge is -2.32. The lowest BCUT2D eigenvalue weighted by Crippen LogP contribution is -2.21. The van der Waals surface area contributed by atoms with Crippen LogP contribution in [0.1, 0.15) is 69.2 Å². The number of fused-ring (bicyclic) bond motifs is 12. The van der Waals surface area contributed by atoms with Crippen molar-refractivity contribution in [1.29, 1.82) is 0 Å². The third-order valence-electron chi connectivity index (χ3n) is 12.9. The highest BCUT2D eigenvalue weighted by molar-refractivity contribution is 8.07. The molecule has 2 atom stereocenters. The van der Waals surface area contributed by atoms with E-state index in [1.165, 1.54) is 87.2 Å². The molecule has 2 nitrogen and oxygen atoms in total. The Morgan fingerprint density at radius 1 is 0.642 bits per heavy atom. The van der Waals surface area contributed by atoms with Crippen LogP contribution in [0.3, 0.4) is 0 Å². The van der Waals surface area contributed by atoms with E-state index in [9.17, 15) is 0 Å². The van der Waals surface area contributed by atoms with E-state index < -0.39 is 0 Å². The van der Waals surface area contributed by atoms with Gasteiger partial charge < -0.3 is 9.47 Å². The molecule has 53 heavy (non-hydrogen) atoms. The normalized spacial score (nSPS) is 22.6. The Morgan fingerprint density at radius 2 is 1.40 bits per heavy atom. The van der Waals surface area contributed by atoms with Gasteiger partial charge in [0, 0.05) is 39.2 Å². The second-order valence-corrected chi connectivity index (χ2v) is 18.8. The Hall–Kier alpha value is -4.64. The Kier molecular flexibility index (Phi) is 6.11. The first-order chi connectivity index (χ1) is 25.8. The highest BCUT2D eigenvalue weighted by atomic mass is 32.2. The van der Waals surface area contributed by atoms with Gasteiger partial charge in [0.1, 0.15) is 23.0 Å². The van der Waals surface area contributed by atoms with E-state index in [2.05, 4.69) is 137 Å². The molecule has 2 unspecified atom stereocenters. The number of ether oxygens (including phenoxy) is 2. The van der Waals surface area contributed by atoms with E-state index in [-0.39, 0.29) is 10.8 Å². The molecule has 12 rings (SSSR count). The van der Waals surface area contributed by atoms with Crippen molar-refractivity contribution in [3.8, 4) is 44.9 Å². The second-order valence-electron chi connectivity index (χ2n) is 16.7. The first kappa shape index (κ1) is 30.8. The van der Waals surface area contributed by atoms with Gasteiger partial charge in [0.25, 0.3) is 0 Å². The number of hydrogen-bond acceptors (Lipinski definition) is 4. The van der Waals surface area contributed by atoms with Crippen molar-refractivity contribution in [3.05, 3.63) is 158 Å². The summed E-state index contributed by atoms with van der Waals surface area (Å²) in [6, 6.07) is 36.4. The molecule has 0 spiro atoms. The van der Waals surface area contributed by atoms with Crippen LogP contribution in [-0.2, 0) is 15.6 Å². The highest BCUT2D eigenvalue weighted by Crippen LogP contribution is 2.69. The largest absolute Gasteiger partial charge is 0.459 e. The van der Waals surface area contributed by atoms with Crippen LogP contribution >= 0.6 is 23.5 Å². The van der Waals surface area contributed by atoms with E-state index in [0.29, 0.717) is 11.8 Å². The van der Waals surface area contributed by atoms with Crippen molar-refractivity contribution in [2.75, 3.05) is 0 Å². The predicted octanol–water partition coefficient (Wildman–Crippen LogP) is 13.8. The molecule has 0 saturated heterocycles. The summed E-state index contributed by atoms with van der Waals surface area (Å²) in [5.41, 5.74) is 15.9. The molecule has 5 aliphatic carbocycles. The topological polar surface area (TPSA) is 18.5 Å². The number of allylic oxidation sites excluding steroid dienone is 6. The first-order valence-electron chi connectivity index (χ1n) is 19.0. The van der Waals surface area contributed by atoms with Gasteiger partial charge in [-0.2, -0.15) is 0 Å². The minimum Gasteiger partial charge on any atom is -0.459 e. The standard InChI is InChI=1S/C49H38O2S2/c1-48(2)34-20-21-41-45(50-37-12-5-7-14-39(37)52-41)42(34)30-18-16-28(23-35(30)48)26-10-9-11-27(22-26)29-17-19-31-36(24-29)49(3,4)44-32-25-33(32)47-46(43(31)44)51-38-13-6-8-15-40(38)53-47/h5,7-12,14-24,32-33H,6,13,25H2,1-4H3. The van der Waals surface area contributed by atoms with Gasteiger partial charge in [-0.05, 0) is 117 Å². The monoisotopic (exact) mass is 722 g/mol. The molecule has 258 valence electrons. The Bertz CT molecular complexity index is 2670. The van der Waals surface area contributed by atoms with Crippen LogP contribution in [0.4, 0.5) is 0 Å². The quantitative estimate of drug-likeness (QED) is 0.177. The lowest BCUT2D eigenvalue weighted by molar-refractivity contribution is 0.299. The summed E-state index contributed by atoms with van der Waals surface area (Å²) in [6.07, 6.45) is 7.89. The van der Waals surface area contributed by atoms with Gasteiger partial charge in [-0.3, -0.25) is 0 Å². The summed E-state index contributed by atoms with van der Waals surface area (Å²) in [5.74, 6) is 5.51. The van der Waals surface area contributed by atoms with E-state index in [4.69, 9.17) is 9.47 Å². The molecule has 0 N–H and O–H groups in total. The fraction of sp³-hybridized carbons (Fsp3) is 0.224. The van der Waals surface area contributed by atoms with Gasteiger partial charge in [0.05, 0.1) is 14.7 Å². The average molecular weight is 723 g/mol. The zero-order valence-electron chi connectivity index (χ0n) is 30.3. The summed E-state index contributed by atoms with van der Waals surface area (Å²) in [7, 11) is 0. The number of benzene rings is 5. The van der Waals surface area contributed by atoms with E-state index in [1.54, 1.807) is 17.3 Å². The Balaban J connectivity index is 0.904. The van der Waals surface area contributed by atoms with Gasteiger partial charge in [0.15, 0.2) is 0 Å². The van der Waals surface area contributed by atoms with Gasteiger partial charge in [-0.15, -0.1) is 0 Å². The number of rotatable bonds is 2. The minimum atomic E-state index is -0.141. The van der Waals surface area contributed by atoms with Crippen LogP contribution in [0, 0.1) is 11.8 Å². The fourth-order valence-electron chi connectivity index (χ4n) is 10.2. The summed E-state index contributed by atoms with van der Waals surface area (Å²) >= 11 is 3.79. The van der Waals surface area contributed by atoms with Crippen LogP contribution in [0.5, 0.6) is 11.5 Å². The van der Waals surface area contributed by atoms with Crippen LogP contribution in [0.15, 0.2) is 146 Å². The van der Waals surface area contributed by atoms with Crippen molar-refractivity contribution in [1.82, 2.24) is 0 Å². The molecule has 2 heterocycles. The van der Waals surface area contributed by atoms with Crippen LogP contribution in [0.2, 0.25) is 0 Å². The van der Waals surface area contributed by atoms with Gasteiger partial charge in [-0.25, -0.2) is 0 Å². The first-order valence-corrected chi connectivity index (χ1v) is 20.7. The molecule has 1 fully saturated rings. The third kappa shape index (κ3) is 4.20. The highest BCUT2D eigenvalue weighted by Gasteiger charge is 2.57. The number of hydrogen-bond donors (Lipinski definition) is 0. The maximum Gasteiger partial charge on any atom is 0.149 e. The molecule has 0 bridgehead atoms.